The molecular formula is C6H8KN5O6. The monoisotopic (exact) mass is 285 g/mol. The first-order valence-electron chi connectivity index (χ1n) is 4.57. The van der Waals surface area contributed by atoms with Crippen LogP contribution in [0.25, 0.3) is 5.32 Å². The quantitative estimate of drug-likeness (QED) is 0.312. The predicted molar refractivity (Wildman–Crippen MR) is 52.2 cm³/mol. The zero-order chi connectivity index (χ0) is 13.0. The maximum Gasteiger partial charge on any atom is 1.00 e. The van der Waals surface area contributed by atoms with E-state index in [0.717, 1.165) is 0 Å². The minimum absolute atomic E-state index is 0. The van der Waals surface area contributed by atoms with Gasteiger partial charge in [0.25, 0.3) is 0 Å². The molecule has 0 spiro atoms. The fourth-order valence-corrected chi connectivity index (χ4v) is 1.32. The van der Waals surface area contributed by atoms with E-state index in [2.05, 4.69) is 5.32 Å². The third-order valence-corrected chi connectivity index (χ3v) is 2.03. The Balaban J connectivity index is 0.00000289. The second kappa shape index (κ2) is 7.58. The van der Waals surface area contributed by atoms with Crippen LogP contribution >= 0.6 is 0 Å². The molecule has 0 unspecified atom stereocenters. The summed E-state index contributed by atoms with van der Waals surface area (Å²) in [5, 5.41) is 34.7. The summed E-state index contributed by atoms with van der Waals surface area (Å²) in [5.74, 6) is -2.27. The zero-order valence-electron chi connectivity index (χ0n) is 9.51. The predicted octanol–water partition coefficient (Wildman–Crippen LogP) is -2.67. The fraction of sp³-hybridized carbons (Fsp3) is 0.667. The molecule has 0 amide bonds. The Morgan fingerprint density at radius 2 is 1.67 bits per heavy atom. The van der Waals surface area contributed by atoms with Crippen molar-refractivity contribution in [3.63, 3.8) is 0 Å². The standard InChI is InChI=1S/C6H8N5O6.K/c12-9(13)6(10(14)15)5-7-3-1-2-4-8(5)11(16)17;/h1-4H2;/q-1;+1. The topological polar surface area (TPSA) is 147 Å². The van der Waals surface area contributed by atoms with Gasteiger partial charge >= 0.3 is 57.2 Å². The molecule has 1 heterocycles. The average Bonchev–Trinajstić information content (AvgIpc) is 2.42. The van der Waals surface area contributed by atoms with Crippen LogP contribution in [0.4, 0.5) is 0 Å². The summed E-state index contributed by atoms with van der Waals surface area (Å²) in [6.45, 7) is -0.0537. The first kappa shape index (κ1) is 17.2. The molecule has 18 heavy (non-hydrogen) atoms. The smallest absolute Gasteiger partial charge is 0.450 e. The van der Waals surface area contributed by atoms with Gasteiger partial charge in [0, 0.05) is 6.54 Å². The summed E-state index contributed by atoms with van der Waals surface area (Å²) >= 11 is 0. The second-order valence-corrected chi connectivity index (χ2v) is 3.11. The van der Waals surface area contributed by atoms with Crippen LogP contribution in [0.3, 0.4) is 0 Å². The van der Waals surface area contributed by atoms with Crippen LogP contribution in [0.2, 0.25) is 0 Å². The van der Waals surface area contributed by atoms with Gasteiger partial charge in [-0.3, -0.25) is 30.3 Å². The largest absolute Gasteiger partial charge is 1.00 e. The Labute approximate surface area is 143 Å². The van der Waals surface area contributed by atoms with Gasteiger partial charge in [0.1, 0.15) is 9.85 Å². The van der Waals surface area contributed by atoms with Crippen LogP contribution in [0.15, 0.2) is 11.6 Å². The van der Waals surface area contributed by atoms with Gasteiger partial charge in [0.15, 0.2) is 5.82 Å². The van der Waals surface area contributed by atoms with Gasteiger partial charge in [0.2, 0.25) is 0 Å². The van der Waals surface area contributed by atoms with Crippen molar-refractivity contribution in [3.8, 4) is 0 Å². The SMILES string of the molecule is O=[N+]([O-])C(=C1[N-]CCCCN1[N+](=O)[O-])[N+](=O)[O-].[K+]. The molecule has 0 N–H and O–H groups in total. The number of nitro groups is 3. The molecular weight excluding hydrogens is 277 g/mol. The van der Waals surface area contributed by atoms with Gasteiger partial charge in [-0.1, -0.05) is 13.0 Å². The van der Waals surface area contributed by atoms with Crippen LogP contribution in [0.5, 0.6) is 0 Å². The molecule has 0 radical (unpaired) electrons. The first-order valence-corrected chi connectivity index (χ1v) is 4.57. The molecule has 0 bridgehead atoms. The Kier molecular flexibility index (Phi) is 7.23. The van der Waals surface area contributed by atoms with Crippen molar-refractivity contribution in [2.24, 2.45) is 0 Å². The molecule has 1 aliphatic heterocycles. The van der Waals surface area contributed by atoms with Gasteiger partial charge in [-0.05, 0) is 6.42 Å². The van der Waals surface area contributed by atoms with Crippen molar-refractivity contribution >= 4 is 0 Å². The Bertz CT molecular complexity index is 382. The minimum Gasteiger partial charge on any atom is -0.450 e. The summed E-state index contributed by atoms with van der Waals surface area (Å²) in [6.07, 6.45) is 0.868. The van der Waals surface area contributed by atoms with Gasteiger partial charge in [-0.15, -0.1) is 0 Å². The van der Waals surface area contributed by atoms with E-state index in [0.29, 0.717) is 17.9 Å². The third-order valence-electron chi connectivity index (χ3n) is 2.03. The van der Waals surface area contributed by atoms with Crippen molar-refractivity contribution in [3.05, 3.63) is 47.3 Å². The maximum atomic E-state index is 10.7. The number of hydrogen-bond donors (Lipinski definition) is 0. The van der Waals surface area contributed by atoms with Crippen molar-refractivity contribution < 1.29 is 66.3 Å². The molecule has 12 heteroatoms. The van der Waals surface area contributed by atoms with E-state index in [1.807, 2.05) is 0 Å². The van der Waals surface area contributed by atoms with E-state index in [4.69, 9.17) is 0 Å². The van der Waals surface area contributed by atoms with E-state index < -0.39 is 26.5 Å². The van der Waals surface area contributed by atoms with Gasteiger partial charge in [0.05, 0.1) is 5.03 Å². The number of hydrogen-bond acceptors (Lipinski definition) is 6. The van der Waals surface area contributed by atoms with Crippen LogP contribution in [0.1, 0.15) is 12.8 Å². The maximum absolute atomic E-state index is 10.7. The molecule has 1 fully saturated rings. The van der Waals surface area contributed by atoms with E-state index in [1.165, 1.54) is 0 Å². The number of hydrazine groups is 1. The van der Waals surface area contributed by atoms with Crippen molar-refractivity contribution in [1.82, 2.24) is 5.01 Å². The first-order chi connectivity index (χ1) is 7.95. The van der Waals surface area contributed by atoms with Gasteiger partial charge < -0.3 is 5.32 Å². The summed E-state index contributed by atoms with van der Waals surface area (Å²) in [4.78, 5) is 29.1. The normalized spacial score (nSPS) is 14.9. The van der Waals surface area contributed by atoms with E-state index in [1.54, 1.807) is 0 Å². The molecule has 0 atom stereocenters. The zero-order valence-corrected chi connectivity index (χ0v) is 12.6. The average molecular weight is 285 g/mol. The molecule has 0 aliphatic carbocycles. The Hall–Kier alpha value is -0.824. The molecule has 1 rings (SSSR count). The second-order valence-electron chi connectivity index (χ2n) is 3.11. The third kappa shape index (κ3) is 4.13. The van der Waals surface area contributed by atoms with Crippen LogP contribution in [-0.4, -0.2) is 33.0 Å². The molecule has 1 saturated heterocycles. The summed E-state index contributed by atoms with van der Waals surface area (Å²) in [6, 6.07) is 0. The van der Waals surface area contributed by atoms with Crippen molar-refractivity contribution in [2.45, 2.75) is 12.8 Å². The van der Waals surface area contributed by atoms with E-state index in [-0.39, 0.29) is 64.5 Å². The molecule has 0 saturated carbocycles. The van der Waals surface area contributed by atoms with E-state index in [9.17, 15) is 30.3 Å². The summed E-state index contributed by atoms with van der Waals surface area (Å²) in [5.41, 5.74) is 0. The Morgan fingerprint density at radius 3 is 2.11 bits per heavy atom. The van der Waals surface area contributed by atoms with Crippen LogP contribution in [-0.2, 0) is 0 Å². The van der Waals surface area contributed by atoms with Crippen molar-refractivity contribution in [2.75, 3.05) is 13.1 Å². The van der Waals surface area contributed by atoms with Crippen LogP contribution < -0.4 is 51.4 Å². The summed E-state index contributed by atoms with van der Waals surface area (Å²) < 4.78 is 0. The van der Waals surface area contributed by atoms with Gasteiger partial charge in [-0.2, -0.15) is 5.01 Å². The van der Waals surface area contributed by atoms with E-state index >= 15 is 0 Å². The number of rotatable bonds is 3. The van der Waals surface area contributed by atoms with Crippen molar-refractivity contribution in [1.29, 1.82) is 0 Å². The minimum atomic E-state index is -1.47. The van der Waals surface area contributed by atoms with Crippen LogP contribution in [0, 0.1) is 30.3 Å². The molecule has 1 aliphatic rings. The fourth-order valence-electron chi connectivity index (χ4n) is 1.32. The molecule has 0 aromatic rings. The Morgan fingerprint density at radius 1 is 1.11 bits per heavy atom. The molecule has 11 nitrogen and oxygen atoms in total. The summed E-state index contributed by atoms with van der Waals surface area (Å²) in [7, 11) is 0. The molecule has 0 aromatic carbocycles. The number of nitrogens with zero attached hydrogens (tertiary/aromatic N) is 5. The molecule has 0 aromatic heterocycles. The molecule has 94 valence electrons. The van der Waals surface area contributed by atoms with Gasteiger partial charge in [-0.25, -0.2) is 0 Å².